The third-order valence-corrected chi connectivity index (χ3v) is 2.59. The van der Waals surface area contributed by atoms with Crippen molar-refractivity contribution in [1.82, 2.24) is 29.5 Å². The fraction of sp³-hybridized carbons (Fsp3) is 0. The van der Waals surface area contributed by atoms with Gasteiger partial charge < -0.3 is 10.1 Å². The number of carbonyl (C=O) groups is 1. The molecule has 0 atom stereocenters. The molecule has 0 radical (unpaired) electrons. The molecule has 21 heavy (non-hydrogen) atoms. The molecule has 0 amide bonds. The van der Waals surface area contributed by atoms with E-state index >= 15 is 0 Å². The molecule has 0 saturated heterocycles. The molecule has 2 aromatic heterocycles. The second kappa shape index (κ2) is 4.92. The van der Waals surface area contributed by atoms with Gasteiger partial charge in [-0.15, -0.1) is 0 Å². The SMILES string of the molecule is O=C(n1cncn1)n1nc([N+](=O)[O-])nc1-c1ccccc1. The highest BCUT2D eigenvalue weighted by Gasteiger charge is 2.28. The lowest BCUT2D eigenvalue weighted by molar-refractivity contribution is -0.394. The smallest absolute Gasteiger partial charge is 0.390 e. The molecule has 3 aromatic rings. The molecule has 1 aromatic carbocycles. The van der Waals surface area contributed by atoms with E-state index < -0.39 is 16.9 Å². The lowest BCUT2D eigenvalue weighted by Crippen LogP contribution is -2.22. The van der Waals surface area contributed by atoms with Gasteiger partial charge in [0.05, 0.1) is 0 Å². The van der Waals surface area contributed by atoms with Crippen molar-refractivity contribution in [2.24, 2.45) is 0 Å². The lowest BCUT2D eigenvalue weighted by atomic mass is 10.2. The summed E-state index contributed by atoms with van der Waals surface area (Å²) >= 11 is 0. The van der Waals surface area contributed by atoms with Gasteiger partial charge in [0.2, 0.25) is 0 Å². The van der Waals surface area contributed by atoms with Gasteiger partial charge in [0.1, 0.15) is 12.7 Å². The fourth-order valence-electron chi connectivity index (χ4n) is 1.69. The molecule has 10 nitrogen and oxygen atoms in total. The standard InChI is InChI=1S/C11H7N7O3/c19-11(16-7-12-6-13-16)17-9(8-4-2-1-3-5-8)14-10(15-17)18(20)21/h1-7H. The molecular weight excluding hydrogens is 278 g/mol. The second-order valence-corrected chi connectivity index (χ2v) is 3.89. The summed E-state index contributed by atoms with van der Waals surface area (Å²) in [6, 6.07) is 7.84. The summed E-state index contributed by atoms with van der Waals surface area (Å²) in [6.07, 6.45) is 2.34. The van der Waals surface area contributed by atoms with Crippen LogP contribution in [-0.2, 0) is 0 Å². The van der Waals surface area contributed by atoms with E-state index in [2.05, 4.69) is 20.2 Å². The van der Waals surface area contributed by atoms with Crippen LogP contribution in [0, 0.1) is 10.1 Å². The van der Waals surface area contributed by atoms with Crippen molar-refractivity contribution in [1.29, 1.82) is 0 Å². The number of rotatable bonds is 2. The molecule has 10 heteroatoms. The quantitative estimate of drug-likeness (QED) is 0.507. The molecule has 3 rings (SSSR count). The third kappa shape index (κ3) is 2.25. The Labute approximate surface area is 116 Å². The summed E-state index contributed by atoms with van der Waals surface area (Å²) in [5.74, 6) is -0.606. The molecule has 0 fully saturated rings. The van der Waals surface area contributed by atoms with Gasteiger partial charge in [-0.3, -0.25) is 0 Å². The predicted molar refractivity (Wildman–Crippen MR) is 68.3 cm³/mol. The number of aromatic nitrogens is 6. The van der Waals surface area contributed by atoms with Gasteiger partial charge >= 0.3 is 12.0 Å². The zero-order valence-corrected chi connectivity index (χ0v) is 10.4. The molecule has 0 aliphatic heterocycles. The van der Waals surface area contributed by atoms with E-state index in [9.17, 15) is 14.9 Å². The minimum absolute atomic E-state index is 0.0581. The van der Waals surface area contributed by atoms with Crippen molar-refractivity contribution >= 4 is 12.0 Å². The van der Waals surface area contributed by atoms with Crippen LogP contribution in [-0.4, -0.2) is 40.5 Å². The number of nitro groups is 1. The van der Waals surface area contributed by atoms with Gasteiger partial charge in [0.25, 0.3) is 5.82 Å². The summed E-state index contributed by atoms with van der Waals surface area (Å²) in [7, 11) is 0. The Morgan fingerprint density at radius 1 is 1.24 bits per heavy atom. The molecule has 0 N–H and O–H groups in total. The topological polar surface area (TPSA) is 122 Å². The maximum atomic E-state index is 12.2. The minimum atomic E-state index is -0.766. The molecular formula is C11H7N7O3. The van der Waals surface area contributed by atoms with E-state index in [-0.39, 0.29) is 5.82 Å². The first kappa shape index (κ1) is 12.6. The Hall–Kier alpha value is -3.43. The first-order chi connectivity index (χ1) is 10.2. The van der Waals surface area contributed by atoms with Crippen LogP contribution in [0.4, 0.5) is 10.7 Å². The predicted octanol–water partition coefficient (Wildman–Crippen LogP) is 0.961. The molecule has 104 valence electrons. The van der Waals surface area contributed by atoms with Crippen molar-refractivity contribution in [3.8, 4) is 11.4 Å². The number of benzene rings is 1. The largest absolute Gasteiger partial charge is 0.492 e. The Balaban J connectivity index is 2.15. The minimum Gasteiger partial charge on any atom is -0.390 e. The lowest BCUT2D eigenvalue weighted by Gasteiger charge is -1.98. The van der Waals surface area contributed by atoms with Gasteiger partial charge in [-0.05, 0) is 22.0 Å². The molecule has 0 unspecified atom stereocenters. The van der Waals surface area contributed by atoms with Gasteiger partial charge in [-0.1, -0.05) is 22.9 Å². The highest BCUT2D eigenvalue weighted by Crippen LogP contribution is 2.19. The highest BCUT2D eigenvalue weighted by molar-refractivity contribution is 5.81. The number of hydrogen-bond donors (Lipinski definition) is 0. The summed E-state index contributed by atoms with van der Waals surface area (Å²) in [5.41, 5.74) is 0.520. The highest BCUT2D eigenvalue weighted by atomic mass is 16.6. The molecule has 0 aliphatic carbocycles. The zero-order chi connectivity index (χ0) is 14.8. The van der Waals surface area contributed by atoms with E-state index in [1.165, 1.54) is 12.7 Å². The third-order valence-electron chi connectivity index (χ3n) is 2.59. The first-order valence-corrected chi connectivity index (χ1v) is 5.73. The van der Waals surface area contributed by atoms with Crippen molar-refractivity contribution in [3.63, 3.8) is 0 Å². The molecule has 0 bridgehead atoms. The van der Waals surface area contributed by atoms with Gasteiger partial charge in [-0.2, -0.15) is 9.78 Å². The first-order valence-electron chi connectivity index (χ1n) is 5.73. The van der Waals surface area contributed by atoms with E-state index in [0.717, 1.165) is 9.36 Å². The average molecular weight is 285 g/mol. The van der Waals surface area contributed by atoms with Crippen LogP contribution < -0.4 is 0 Å². The molecule has 0 aliphatic rings. The van der Waals surface area contributed by atoms with Crippen molar-refractivity contribution in [2.75, 3.05) is 0 Å². The van der Waals surface area contributed by atoms with E-state index in [4.69, 9.17) is 0 Å². The van der Waals surface area contributed by atoms with Crippen LogP contribution in [0.25, 0.3) is 11.4 Å². The van der Waals surface area contributed by atoms with Crippen LogP contribution in [0.5, 0.6) is 0 Å². The zero-order valence-electron chi connectivity index (χ0n) is 10.4. The van der Waals surface area contributed by atoms with Crippen LogP contribution in [0.15, 0.2) is 43.0 Å². The number of carbonyl (C=O) groups excluding carboxylic acids is 1. The van der Waals surface area contributed by atoms with Crippen molar-refractivity contribution < 1.29 is 9.72 Å². The molecule has 0 spiro atoms. The van der Waals surface area contributed by atoms with Crippen LogP contribution in [0.2, 0.25) is 0 Å². The van der Waals surface area contributed by atoms with E-state index in [1.54, 1.807) is 30.3 Å². The monoisotopic (exact) mass is 285 g/mol. The van der Waals surface area contributed by atoms with Gasteiger partial charge in [0, 0.05) is 10.7 Å². The Bertz CT molecular complexity index is 795. The Kier molecular flexibility index (Phi) is 2.95. The van der Waals surface area contributed by atoms with Crippen LogP contribution >= 0.6 is 0 Å². The van der Waals surface area contributed by atoms with Gasteiger partial charge in [0.15, 0.2) is 0 Å². The Morgan fingerprint density at radius 2 is 2.00 bits per heavy atom. The molecule has 2 heterocycles. The maximum absolute atomic E-state index is 12.2. The average Bonchev–Trinajstić information content (AvgIpc) is 3.17. The maximum Gasteiger partial charge on any atom is 0.492 e. The normalized spacial score (nSPS) is 10.5. The summed E-state index contributed by atoms with van der Waals surface area (Å²) in [5, 5.41) is 18.1. The summed E-state index contributed by atoms with van der Waals surface area (Å²) < 4.78 is 1.73. The second-order valence-electron chi connectivity index (χ2n) is 3.89. The Morgan fingerprint density at radius 3 is 2.62 bits per heavy atom. The van der Waals surface area contributed by atoms with Crippen LogP contribution in [0.1, 0.15) is 0 Å². The fourth-order valence-corrected chi connectivity index (χ4v) is 1.69. The van der Waals surface area contributed by atoms with Crippen molar-refractivity contribution in [3.05, 3.63) is 53.1 Å². The van der Waals surface area contributed by atoms with Crippen LogP contribution in [0.3, 0.4) is 0 Å². The number of nitrogens with zero attached hydrogens (tertiary/aromatic N) is 7. The summed E-state index contributed by atoms with van der Waals surface area (Å²) in [4.78, 5) is 29.7. The summed E-state index contributed by atoms with van der Waals surface area (Å²) in [6.45, 7) is 0. The number of hydrogen-bond acceptors (Lipinski definition) is 7. The van der Waals surface area contributed by atoms with E-state index in [1.807, 2.05) is 0 Å². The van der Waals surface area contributed by atoms with E-state index in [0.29, 0.717) is 5.56 Å². The molecule has 0 saturated carbocycles. The van der Waals surface area contributed by atoms with Gasteiger partial charge in [-0.25, -0.2) is 9.78 Å². The van der Waals surface area contributed by atoms with Crippen molar-refractivity contribution in [2.45, 2.75) is 0 Å².